The minimum Gasteiger partial charge on any atom is -0.497 e. The highest BCUT2D eigenvalue weighted by molar-refractivity contribution is 6.01. The Labute approximate surface area is 247 Å². The molecule has 1 aliphatic rings. The van der Waals surface area contributed by atoms with Crippen LogP contribution >= 0.6 is 0 Å². The number of H-pyrrole nitrogens is 2. The van der Waals surface area contributed by atoms with Crippen molar-refractivity contribution >= 4 is 33.4 Å². The average Bonchev–Trinajstić information content (AvgIpc) is 3.65. The van der Waals surface area contributed by atoms with Crippen LogP contribution in [0.4, 0.5) is 10.1 Å². The van der Waals surface area contributed by atoms with Gasteiger partial charge in [-0.1, -0.05) is 19.3 Å². The number of carbonyl (C=O) groups is 1. The Morgan fingerprint density at radius 3 is 2.65 bits per heavy atom. The van der Waals surface area contributed by atoms with Crippen LogP contribution < -0.4 is 10.1 Å². The number of carbonyl (C=O) groups excluding carboxylic acids is 1. The van der Waals surface area contributed by atoms with E-state index in [0.717, 1.165) is 51.5 Å². The quantitative estimate of drug-likeness (QED) is 0.184. The van der Waals surface area contributed by atoms with Gasteiger partial charge in [0, 0.05) is 46.8 Å². The van der Waals surface area contributed by atoms with Crippen LogP contribution in [0.3, 0.4) is 0 Å². The van der Waals surface area contributed by atoms with Gasteiger partial charge < -0.3 is 15.0 Å². The molecule has 0 saturated heterocycles. The summed E-state index contributed by atoms with van der Waals surface area (Å²) in [5.74, 6) is 0.531. The molecule has 10 heteroatoms. The number of nitrogens with one attached hydrogen (secondary N) is 3. The molecule has 6 aromatic rings. The smallest absolute Gasteiger partial charge is 0.224 e. The van der Waals surface area contributed by atoms with Crippen LogP contribution in [0, 0.1) is 11.7 Å². The molecule has 7 rings (SSSR count). The molecule has 1 aromatic carbocycles. The molecule has 0 atom stereocenters. The Hall–Kier alpha value is -5.12. The van der Waals surface area contributed by atoms with Crippen molar-refractivity contribution in [2.75, 3.05) is 12.4 Å². The van der Waals surface area contributed by atoms with Gasteiger partial charge in [0.05, 0.1) is 53.8 Å². The molecule has 9 nitrogen and oxygen atoms in total. The zero-order valence-corrected chi connectivity index (χ0v) is 23.7. The van der Waals surface area contributed by atoms with E-state index in [1.807, 2.05) is 18.2 Å². The molecule has 5 aromatic heterocycles. The molecule has 1 amide bonds. The number of aromatic amines is 2. The van der Waals surface area contributed by atoms with E-state index in [4.69, 9.17) is 4.74 Å². The normalized spacial score (nSPS) is 13.9. The Morgan fingerprint density at radius 2 is 1.79 bits per heavy atom. The number of halogens is 1. The summed E-state index contributed by atoms with van der Waals surface area (Å²) >= 11 is 0. The number of fused-ring (bicyclic) bond motifs is 2. The van der Waals surface area contributed by atoms with Crippen LogP contribution in [0.2, 0.25) is 0 Å². The van der Waals surface area contributed by atoms with E-state index >= 15 is 0 Å². The molecular formula is C33H30FN7O2. The Morgan fingerprint density at radius 1 is 0.930 bits per heavy atom. The molecule has 43 heavy (non-hydrogen) atoms. The fourth-order valence-corrected chi connectivity index (χ4v) is 6.04. The molecule has 5 heterocycles. The zero-order chi connectivity index (χ0) is 29.3. The maximum Gasteiger partial charge on any atom is 0.224 e. The number of pyridine rings is 3. The van der Waals surface area contributed by atoms with Gasteiger partial charge in [0.1, 0.15) is 17.3 Å². The van der Waals surface area contributed by atoms with Crippen LogP contribution in [0.5, 0.6) is 5.75 Å². The Balaban J connectivity index is 1.20. The first-order valence-electron chi connectivity index (χ1n) is 14.5. The van der Waals surface area contributed by atoms with Gasteiger partial charge in [-0.25, -0.2) is 4.39 Å². The fourth-order valence-electron chi connectivity index (χ4n) is 6.04. The SMILES string of the molecule is COc1cc(F)cc(-c2cncc3[nH]c(-c4n[nH]c5cnc(-c6cncc(NC(=O)CC7CCCCC7)c6)cc45)cc23)c1. The standard InChI is InChI=1S/C33H30FN7O2/c1-43-24-10-20(8-22(34)11-24)27-16-36-17-30-25(27)12-29(39-30)33-26-13-28(37-18-31(26)40-41-33)21-9-23(15-35-14-21)38-32(42)7-19-5-3-2-4-6-19/h8-19,39H,2-7H2,1H3,(H,38,42)(H,40,41). The highest BCUT2D eigenvalue weighted by Crippen LogP contribution is 2.36. The zero-order valence-electron chi connectivity index (χ0n) is 23.7. The van der Waals surface area contributed by atoms with Crippen molar-refractivity contribution in [3.05, 3.63) is 73.2 Å². The van der Waals surface area contributed by atoms with Crippen molar-refractivity contribution in [2.24, 2.45) is 5.92 Å². The number of benzene rings is 1. The van der Waals surface area contributed by atoms with E-state index in [-0.39, 0.29) is 11.7 Å². The lowest BCUT2D eigenvalue weighted by Crippen LogP contribution is -2.18. The Kier molecular flexibility index (Phi) is 7.02. The molecular weight excluding hydrogens is 545 g/mol. The fraction of sp³-hybridized carbons (Fsp3) is 0.242. The average molecular weight is 576 g/mol. The molecule has 0 aliphatic heterocycles. The number of ether oxygens (including phenoxy) is 1. The van der Waals surface area contributed by atoms with Crippen LogP contribution in [-0.2, 0) is 4.79 Å². The molecule has 0 spiro atoms. The predicted molar refractivity (Wildman–Crippen MR) is 164 cm³/mol. The van der Waals surface area contributed by atoms with Gasteiger partial charge in [-0.05, 0) is 54.7 Å². The summed E-state index contributed by atoms with van der Waals surface area (Å²) in [6.45, 7) is 0. The van der Waals surface area contributed by atoms with Gasteiger partial charge in [-0.3, -0.25) is 24.8 Å². The van der Waals surface area contributed by atoms with Gasteiger partial charge in [0.2, 0.25) is 5.91 Å². The lowest BCUT2D eigenvalue weighted by atomic mass is 9.87. The van der Waals surface area contributed by atoms with Crippen LogP contribution in [0.1, 0.15) is 38.5 Å². The first-order valence-corrected chi connectivity index (χ1v) is 14.5. The largest absolute Gasteiger partial charge is 0.497 e. The highest BCUT2D eigenvalue weighted by atomic mass is 19.1. The molecule has 1 saturated carbocycles. The minimum absolute atomic E-state index is 0.0238. The minimum atomic E-state index is -0.386. The van der Waals surface area contributed by atoms with Crippen molar-refractivity contribution in [3.8, 4) is 39.5 Å². The second-order valence-electron chi connectivity index (χ2n) is 11.1. The highest BCUT2D eigenvalue weighted by Gasteiger charge is 2.18. The topological polar surface area (TPSA) is 121 Å². The molecule has 1 aliphatic carbocycles. The second kappa shape index (κ2) is 11.3. The molecule has 0 bridgehead atoms. The maximum atomic E-state index is 14.3. The third-order valence-electron chi connectivity index (χ3n) is 8.18. The Bertz CT molecular complexity index is 1960. The van der Waals surface area contributed by atoms with Crippen molar-refractivity contribution in [1.82, 2.24) is 30.1 Å². The molecule has 0 unspecified atom stereocenters. The van der Waals surface area contributed by atoms with E-state index in [1.165, 1.54) is 38.5 Å². The van der Waals surface area contributed by atoms with E-state index in [0.29, 0.717) is 40.7 Å². The summed E-state index contributed by atoms with van der Waals surface area (Å²) in [4.78, 5) is 29.5. The van der Waals surface area contributed by atoms with Crippen molar-refractivity contribution in [3.63, 3.8) is 0 Å². The summed E-state index contributed by atoms with van der Waals surface area (Å²) in [7, 11) is 1.51. The van der Waals surface area contributed by atoms with E-state index < -0.39 is 0 Å². The summed E-state index contributed by atoms with van der Waals surface area (Å²) < 4.78 is 19.6. The number of nitrogens with zero attached hydrogens (tertiary/aromatic N) is 4. The van der Waals surface area contributed by atoms with Gasteiger partial charge in [-0.15, -0.1) is 0 Å². The predicted octanol–water partition coefficient (Wildman–Crippen LogP) is 7.29. The van der Waals surface area contributed by atoms with Crippen LogP contribution in [-0.4, -0.2) is 43.2 Å². The lowest BCUT2D eigenvalue weighted by Gasteiger charge is -2.20. The van der Waals surface area contributed by atoms with Gasteiger partial charge in [0.25, 0.3) is 0 Å². The number of hydrogen-bond acceptors (Lipinski definition) is 6. The summed E-state index contributed by atoms with van der Waals surface area (Å²) in [5.41, 5.74) is 6.63. The van der Waals surface area contributed by atoms with Gasteiger partial charge in [0.15, 0.2) is 0 Å². The summed E-state index contributed by atoms with van der Waals surface area (Å²) in [5, 5.41) is 12.4. The number of anilines is 1. The molecule has 1 fully saturated rings. The van der Waals surface area contributed by atoms with Crippen molar-refractivity contribution in [2.45, 2.75) is 38.5 Å². The summed E-state index contributed by atoms with van der Waals surface area (Å²) in [6, 6.07) is 10.4. The van der Waals surface area contributed by atoms with Gasteiger partial charge in [-0.2, -0.15) is 5.10 Å². The summed E-state index contributed by atoms with van der Waals surface area (Å²) in [6.07, 6.45) is 15.1. The number of methoxy groups -OCH3 is 1. The number of hydrogen-bond donors (Lipinski definition) is 3. The van der Waals surface area contributed by atoms with Crippen molar-refractivity contribution < 1.29 is 13.9 Å². The first kappa shape index (κ1) is 26.8. The first-order chi connectivity index (χ1) is 21.0. The van der Waals surface area contributed by atoms with Crippen LogP contribution in [0.25, 0.3) is 55.6 Å². The second-order valence-corrected chi connectivity index (χ2v) is 11.1. The van der Waals surface area contributed by atoms with Crippen molar-refractivity contribution in [1.29, 1.82) is 0 Å². The lowest BCUT2D eigenvalue weighted by molar-refractivity contribution is -0.117. The molecule has 216 valence electrons. The van der Waals surface area contributed by atoms with Crippen LogP contribution in [0.15, 0.2) is 67.4 Å². The number of aromatic nitrogens is 6. The maximum absolute atomic E-state index is 14.3. The monoisotopic (exact) mass is 575 g/mol. The van der Waals surface area contributed by atoms with E-state index in [9.17, 15) is 9.18 Å². The number of rotatable bonds is 7. The molecule has 0 radical (unpaired) electrons. The van der Waals surface area contributed by atoms with Gasteiger partial charge >= 0.3 is 0 Å². The third-order valence-corrected chi connectivity index (χ3v) is 8.18. The third kappa shape index (κ3) is 5.43. The molecule has 3 N–H and O–H groups in total. The number of amides is 1. The van der Waals surface area contributed by atoms with E-state index in [1.54, 1.807) is 37.1 Å². The van der Waals surface area contributed by atoms with E-state index in [2.05, 4.69) is 35.5 Å².